The molecule has 0 saturated carbocycles. The Morgan fingerprint density at radius 3 is 2.58 bits per heavy atom. The van der Waals surface area contributed by atoms with Crippen LogP contribution >= 0.6 is 23.2 Å². The van der Waals surface area contributed by atoms with E-state index in [9.17, 15) is 0 Å². The van der Waals surface area contributed by atoms with Gasteiger partial charge in [-0.3, -0.25) is 0 Å². The lowest BCUT2D eigenvalue weighted by Crippen LogP contribution is -2.04. The fourth-order valence-electron chi connectivity index (χ4n) is 2.32. The highest BCUT2D eigenvalue weighted by Gasteiger charge is 2.09. The monoisotopic (exact) mass is 359 g/mol. The number of hydrogen-bond acceptors (Lipinski definition) is 4. The quantitative estimate of drug-likeness (QED) is 0.714. The lowest BCUT2D eigenvalue weighted by Gasteiger charge is -2.13. The Morgan fingerprint density at radius 2 is 1.88 bits per heavy atom. The van der Waals surface area contributed by atoms with E-state index in [0.717, 1.165) is 22.6 Å². The standard InChI is InChI=1S/C18H15Cl2N3O/c19-15-3-2-14(10-16(15)20)24-18-4-1-12(9-13(18)5-7-21)17-6-8-22-11-23-17/h1-4,6,8-11H,5,7,21H2. The fourth-order valence-corrected chi connectivity index (χ4v) is 2.61. The second-order valence-corrected chi connectivity index (χ2v) is 5.95. The van der Waals surface area contributed by atoms with Crippen LogP contribution in [0.25, 0.3) is 11.3 Å². The third kappa shape index (κ3) is 3.85. The molecule has 2 N–H and O–H groups in total. The topological polar surface area (TPSA) is 61.0 Å². The van der Waals surface area contributed by atoms with Crippen LogP contribution in [0.5, 0.6) is 11.5 Å². The molecule has 3 rings (SSSR count). The number of nitrogens with two attached hydrogens (primary N) is 1. The van der Waals surface area contributed by atoms with Crippen LogP contribution < -0.4 is 10.5 Å². The first kappa shape index (κ1) is 16.7. The molecular formula is C18H15Cl2N3O. The molecule has 0 spiro atoms. The van der Waals surface area contributed by atoms with Gasteiger partial charge in [-0.05, 0) is 54.9 Å². The Bertz CT molecular complexity index is 841. The molecular weight excluding hydrogens is 345 g/mol. The van der Waals surface area contributed by atoms with E-state index in [1.54, 1.807) is 24.4 Å². The predicted molar refractivity (Wildman–Crippen MR) is 96.8 cm³/mol. The third-order valence-electron chi connectivity index (χ3n) is 3.47. The molecule has 0 aliphatic heterocycles. The smallest absolute Gasteiger partial charge is 0.130 e. The van der Waals surface area contributed by atoms with E-state index in [1.807, 2.05) is 24.3 Å². The van der Waals surface area contributed by atoms with Crippen molar-refractivity contribution < 1.29 is 4.74 Å². The lowest BCUT2D eigenvalue weighted by atomic mass is 10.0. The minimum atomic E-state index is 0.451. The van der Waals surface area contributed by atoms with Crippen molar-refractivity contribution in [2.45, 2.75) is 6.42 Å². The molecule has 4 nitrogen and oxygen atoms in total. The summed E-state index contributed by atoms with van der Waals surface area (Å²) in [4.78, 5) is 8.21. The van der Waals surface area contributed by atoms with Crippen molar-refractivity contribution in [3.63, 3.8) is 0 Å². The summed E-state index contributed by atoms with van der Waals surface area (Å²) in [7, 11) is 0. The summed E-state index contributed by atoms with van der Waals surface area (Å²) in [6.07, 6.45) is 3.93. The Hall–Kier alpha value is -2.14. The summed E-state index contributed by atoms with van der Waals surface area (Å²) in [6, 6.07) is 12.9. The van der Waals surface area contributed by atoms with E-state index >= 15 is 0 Å². The zero-order valence-corrected chi connectivity index (χ0v) is 14.3. The zero-order valence-electron chi connectivity index (χ0n) is 12.7. The molecule has 122 valence electrons. The number of ether oxygens (including phenoxy) is 1. The van der Waals surface area contributed by atoms with Crippen LogP contribution in [-0.4, -0.2) is 16.5 Å². The van der Waals surface area contributed by atoms with Gasteiger partial charge in [0.1, 0.15) is 17.8 Å². The Morgan fingerprint density at radius 1 is 1.00 bits per heavy atom. The van der Waals surface area contributed by atoms with E-state index in [-0.39, 0.29) is 0 Å². The number of hydrogen-bond donors (Lipinski definition) is 1. The SMILES string of the molecule is NCCc1cc(-c2ccncn2)ccc1Oc1ccc(Cl)c(Cl)c1. The number of nitrogens with zero attached hydrogens (tertiary/aromatic N) is 2. The maximum Gasteiger partial charge on any atom is 0.130 e. The average Bonchev–Trinajstić information content (AvgIpc) is 2.61. The van der Waals surface area contributed by atoms with Crippen LogP contribution in [0.3, 0.4) is 0 Å². The van der Waals surface area contributed by atoms with E-state index < -0.39 is 0 Å². The zero-order chi connectivity index (χ0) is 16.9. The maximum atomic E-state index is 6.04. The Balaban J connectivity index is 1.93. The van der Waals surface area contributed by atoms with Gasteiger partial charge < -0.3 is 10.5 Å². The van der Waals surface area contributed by atoms with Crippen molar-refractivity contribution >= 4 is 23.2 Å². The molecule has 6 heteroatoms. The molecule has 1 aromatic heterocycles. The van der Waals surface area contributed by atoms with Gasteiger partial charge in [0.05, 0.1) is 15.7 Å². The second kappa shape index (κ2) is 7.62. The Labute approximate surface area is 150 Å². The van der Waals surface area contributed by atoms with Crippen molar-refractivity contribution in [2.24, 2.45) is 5.73 Å². The minimum absolute atomic E-state index is 0.451. The lowest BCUT2D eigenvalue weighted by molar-refractivity contribution is 0.476. The molecule has 0 atom stereocenters. The van der Waals surface area contributed by atoms with Crippen LogP contribution in [0, 0.1) is 0 Å². The van der Waals surface area contributed by atoms with Gasteiger partial charge in [0.25, 0.3) is 0 Å². The van der Waals surface area contributed by atoms with Gasteiger partial charge in [0, 0.05) is 17.8 Å². The largest absolute Gasteiger partial charge is 0.457 e. The molecule has 0 aliphatic carbocycles. The molecule has 0 saturated heterocycles. The number of aromatic nitrogens is 2. The normalized spacial score (nSPS) is 10.6. The fraction of sp³-hybridized carbons (Fsp3) is 0.111. The molecule has 0 amide bonds. The maximum absolute atomic E-state index is 6.04. The summed E-state index contributed by atoms with van der Waals surface area (Å²) < 4.78 is 5.96. The summed E-state index contributed by atoms with van der Waals surface area (Å²) in [5.41, 5.74) is 8.58. The molecule has 0 aliphatic rings. The third-order valence-corrected chi connectivity index (χ3v) is 4.21. The van der Waals surface area contributed by atoms with Crippen molar-refractivity contribution in [2.75, 3.05) is 6.54 Å². The number of rotatable bonds is 5. The van der Waals surface area contributed by atoms with Crippen LogP contribution in [0.4, 0.5) is 0 Å². The van der Waals surface area contributed by atoms with E-state index in [0.29, 0.717) is 28.8 Å². The van der Waals surface area contributed by atoms with Gasteiger partial charge in [-0.15, -0.1) is 0 Å². The summed E-state index contributed by atoms with van der Waals surface area (Å²) >= 11 is 12.0. The van der Waals surface area contributed by atoms with Gasteiger partial charge in [0.2, 0.25) is 0 Å². The minimum Gasteiger partial charge on any atom is -0.457 e. The van der Waals surface area contributed by atoms with Crippen LogP contribution in [-0.2, 0) is 6.42 Å². The average molecular weight is 360 g/mol. The molecule has 3 aromatic rings. The van der Waals surface area contributed by atoms with Crippen LogP contribution in [0.1, 0.15) is 5.56 Å². The summed E-state index contributed by atoms with van der Waals surface area (Å²) in [5.74, 6) is 1.36. The van der Waals surface area contributed by atoms with Crippen molar-refractivity contribution in [1.29, 1.82) is 0 Å². The van der Waals surface area contributed by atoms with Gasteiger partial charge in [-0.25, -0.2) is 9.97 Å². The van der Waals surface area contributed by atoms with Gasteiger partial charge >= 0.3 is 0 Å². The molecule has 0 bridgehead atoms. The van der Waals surface area contributed by atoms with Crippen LogP contribution in [0.2, 0.25) is 10.0 Å². The molecule has 2 aromatic carbocycles. The van der Waals surface area contributed by atoms with Crippen LogP contribution in [0.15, 0.2) is 55.0 Å². The van der Waals surface area contributed by atoms with Crippen molar-refractivity contribution in [3.05, 3.63) is 70.6 Å². The van der Waals surface area contributed by atoms with Crippen molar-refractivity contribution in [3.8, 4) is 22.8 Å². The molecule has 1 heterocycles. The number of benzene rings is 2. The number of halogens is 2. The van der Waals surface area contributed by atoms with E-state index in [4.69, 9.17) is 33.7 Å². The molecule has 24 heavy (non-hydrogen) atoms. The van der Waals surface area contributed by atoms with Gasteiger partial charge in [-0.1, -0.05) is 23.2 Å². The highest BCUT2D eigenvalue weighted by molar-refractivity contribution is 6.42. The predicted octanol–water partition coefficient (Wildman–Crippen LogP) is 4.74. The molecule has 0 fully saturated rings. The highest BCUT2D eigenvalue weighted by Crippen LogP contribution is 2.32. The first-order valence-electron chi connectivity index (χ1n) is 7.39. The second-order valence-electron chi connectivity index (χ2n) is 5.13. The van der Waals surface area contributed by atoms with Gasteiger partial charge in [-0.2, -0.15) is 0 Å². The first-order valence-corrected chi connectivity index (χ1v) is 8.15. The Kier molecular flexibility index (Phi) is 5.30. The summed E-state index contributed by atoms with van der Waals surface area (Å²) in [6.45, 7) is 0.519. The van der Waals surface area contributed by atoms with Crippen molar-refractivity contribution in [1.82, 2.24) is 9.97 Å². The highest BCUT2D eigenvalue weighted by atomic mass is 35.5. The van der Waals surface area contributed by atoms with E-state index in [2.05, 4.69) is 9.97 Å². The molecule has 0 radical (unpaired) electrons. The summed E-state index contributed by atoms with van der Waals surface area (Å²) in [5, 5.41) is 0.942. The van der Waals surface area contributed by atoms with E-state index in [1.165, 1.54) is 6.33 Å². The first-order chi connectivity index (χ1) is 11.7. The van der Waals surface area contributed by atoms with Gasteiger partial charge in [0.15, 0.2) is 0 Å². The molecule has 0 unspecified atom stereocenters.